The number of tetrazole rings is 1. The van der Waals surface area contributed by atoms with Crippen LogP contribution in [-0.2, 0) is 12.6 Å². The Morgan fingerprint density at radius 1 is 0.917 bits per heavy atom. The second-order valence-electron chi connectivity index (χ2n) is 8.84. The van der Waals surface area contributed by atoms with Crippen LogP contribution in [0, 0.1) is 0 Å². The van der Waals surface area contributed by atoms with E-state index in [4.69, 9.17) is 23.2 Å². The summed E-state index contributed by atoms with van der Waals surface area (Å²) in [5.41, 5.74) is 3.19. The van der Waals surface area contributed by atoms with Gasteiger partial charge in [-0.15, -0.1) is 0 Å². The van der Waals surface area contributed by atoms with Gasteiger partial charge >= 0.3 is 0 Å². The summed E-state index contributed by atoms with van der Waals surface area (Å²) >= 11 is 12.5. The van der Waals surface area contributed by atoms with Gasteiger partial charge in [-0.1, -0.05) is 58.6 Å². The molecule has 3 aromatic carbocycles. The molecule has 2 aromatic heterocycles. The summed E-state index contributed by atoms with van der Waals surface area (Å²) in [6, 6.07) is 20.5. The van der Waals surface area contributed by atoms with Crippen LogP contribution in [0.5, 0.6) is 0 Å². The lowest BCUT2D eigenvalue weighted by Crippen LogP contribution is -2.35. The first-order valence-corrected chi connectivity index (χ1v) is 12.0. The van der Waals surface area contributed by atoms with Gasteiger partial charge in [0.1, 0.15) is 0 Å². The van der Waals surface area contributed by atoms with Crippen LogP contribution in [0.4, 0.5) is 5.95 Å². The minimum Gasteiger partial charge on any atom is -0.374 e. The van der Waals surface area contributed by atoms with Gasteiger partial charge in [0, 0.05) is 29.7 Å². The summed E-state index contributed by atoms with van der Waals surface area (Å²) in [5, 5.41) is 26.0. The van der Waals surface area contributed by atoms with Gasteiger partial charge in [-0.25, -0.2) is 4.98 Å². The molecule has 0 saturated carbocycles. The first kappa shape index (κ1) is 22.7. The molecule has 0 aliphatic carbocycles. The van der Waals surface area contributed by atoms with E-state index in [-0.39, 0.29) is 6.04 Å². The molecule has 0 radical (unpaired) electrons. The molecule has 5 aromatic rings. The Labute approximate surface area is 217 Å². The molecule has 180 valence electrons. The molecule has 6 rings (SSSR count). The van der Waals surface area contributed by atoms with E-state index >= 15 is 0 Å². The van der Waals surface area contributed by atoms with Gasteiger partial charge in [0.2, 0.25) is 0 Å². The fourth-order valence-corrected chi connectivity index (χ4v) is 5.34. The van der Waals surface area contributed by atoms with Crippen LogP contribution in [0.2, 0.25) is 10.0 Å². The lowest BCUT2D eigenvalue weighted by Gasteiger charge is -2.36. The number of hydrogen-bond donors (Lipinski definition) is 1. The smallest absolute Gasteiger partial charge is 0.250 e. The third-order valence-corrected chi connectivity index (χ3v) is 7.22. The van der Waals surface area contributed by atoms with E-state index in [0.717, 1.165) is 16.8 Å². The number of hydrogen-bond acceptors (Lipinski definition) is 6. The predicted molar refractivity (Wildman–Crippen MR) is 138 cm³/mol. The molecule has 1 N–H and O–H groups in total. The van der Waals surface area contributed by atoms with Gasteiger partial charge in [0.05, 0.1) is 29.9 Å². The summed E-state index contributed by atoms with van der Waals surface area (Å²) in [6.07, 6.45) is 3.35. The van der Waals surface area contributed by atoms with E-state index < -0.39 is 5.60 Å². The first-order valence-electron chi connectivity index (χ1n) is 11.2. The Morgan fingerprint density at radius 2 is 1.69 bits per heavy atom. The van der Waals surface area contributed by atoms with Crippen molar-refractivity contribution in [3.05, 3.63) is 117 Å². The number of benzene rings is 3. The fourth-order valence-electron chi connectivity index (χ4n) is 5.01. The molecular weight excluding hydrogens is 497 g/mol. The number of aliphatic hydroxyl groups is 1. The van der Waals surface area contributed by atoms with Crippen LogP contribution in [-0.4, -0.2) is 41.9 Å². The lowest BCUT2D eigenvalue weighted by molar-refractivity contribution is 0.117. The van der Waals surface area contributed by atoms with E-state index in [1.165, 1.54) is 0 Å². The average molecular weight is 518 g/mol. The highest BCUT2D eigenvalue weighted by Gasteiger charge is 2.39. The number of fused-ring (bicyclic) bond motifs is 3. The van der Waals surface area contributed by atoms with Gasteiger partial charge in [0.15, 0.2) is 5.60 Å². The maximum absolute atomic E-state index is 12.4. The second-order valence-corrected chi connectivity index (χ2v) is 9.71. The van der Waals surface area contributed by atoms with Crippen LogP contribution in [0.1, 0.15) is 34.0 Å². The molecule has 2 unspecified atom stereocenters. The average Bonchev–Trinajstić information content (AvgIpc) is 3.54. The Morgan fingerprint density at radius 3 is 2.42 bits per heavy atom. The zero-order valence-corrected chi connectivity index (χ0v) is 20.9. The summed E-state index contributed by atoms with van der Waals surface area (Å²) in [4.78, 5) is 6.28. The molecule has 0 saturated heterocycles. The molecule has 3 heterocycles. The van der Waals surface area contributed by atoms with Crippen molar-refractivity contribution >= 4 is 29.2 Å². The van der Waals surface area contributed by atoms with E-state index in [2.05, 4.69) is 20.5 Å². The molecule has 0 bridgehead atoms. The summed E-state index contributed by atoms with van der Waals surface area (Å²) in [5.74, 6) is 0.611. The van der Waals surface area contributed by atoms with Crippen LogP contribution in [0.25, 0.3) is 5.69 Å². The topological polar surface area (TPSA) is 84.9 Å². The molecule has 8 nitrogen and oxygen atoms in total. The fraction of sp³-hybridized carbons (Fsp3) is 0.154. The van der Waals surface area contributed by atoms with Gasteiger partial charge in [-0.2, -0.15) is 4.68 Å². The van der Waals surface area contributed by atoms with Crippen molar-refractivity contribution in [2.45, 2.75) is 11.6 Å². The first-order chi connectivity index (χ1) is 17.4. The Bertz CT molecular complexity index is 1580. The molecule has 2 atom stereocenters. The van der Waals surface area contributed by atoms with Crippen molar-refractivity contribution in [3.8, 4) is 5.69 Å². The standard InChI is InChI=1S/C26H21Cl2N7O/c1-33-15-29-14-23(33)26(36,17-6-9-19(27)10-7-17)18-8-11-22-21(13-18)24(16-4-3-5-20(28)12-16)34(2)25-30-31-32-35(22)25/h3-15,24,36H,1-2H3. The highest BCUT2D eigenvalue weighted by molar-refractivity contribution is 6.30. The third kappa shape index (κ3) is 3.41. The normalized spacial score (nSPS) is 16.4. The maximum atomic E-state index is 12.4. The van der Waals surface area contributed by atoms with Crippen molar-refractivity contribution in [2.24, 2.45) is 7.05 Å². The highest BCUT2D eigenvalue weighted by Crippen LogP contribution is 2.44. The van der Waals surface area contributed by atoms with Gasteiger partial charge < -0.3 is 14.6 Å². The number of nitrogens with zero attached hydrogens (tertiary/aromatic N) is 7. The lowest BCUT2D eigenvalue weighted by atomic mass is 9.81. The monoisotopic (exact) mass is 517 g/mol. The van der Waals surface area contributed by atoms with Gasteiger partial charge in [0.25, 0.3) is 5.95 Å². The molecule has 36 heavy (non-hydrogen) atoms. The van der Waals surface area contributed by atoms with Crippen molar-refractivity contribution in [1.82, 2.24) is 29.8 Å². The molecular formula is C26H21Cl2N7O. The van der Waals surface area contributed by atoms with Crippen LogP contribution < -0.4 is 4.90 Å². The predicted octanol–water partition coefficient (Wildman–Crippen LogP) is 4.53. The number of aryl methyl sites for hydroxylation is 1. The van der Waals surface area contributed by atoms with Crippen LogP contribution in [0.15, 0.2) is 79.3 Å². The zero-order chi connectivity index (χ0) is 25.0. The molecule has 1 aliphatic rings. The Balaban J connectivity index is 1.61. The Hall–Kier alpha value is -3.72. The number of imidazole rings is 1. The minimum absolute atomic E-state index is 0.238. The largest absolute Gasteiger partial charge is 0.374 e. The van der Waals surface area contributed by atoms with E-state index in [1.54, 1.807) is 29.3 Å². The third-order valence-electron chi connectivity index (χ3n) is 6.74. The molecule has 1 aliphatic heterocycles. The van der Waals surface area contributed by atoms with E-state index in [0.29, 0.717) is 32.8 Å². The number of halogens is 2. The number of aromatic nitrogens is 6. The SMILES string of the molecule is CN1c2nnnn2-c2ccc(C(O)(c3ccc(Cl)cc3)c3cncn3C)cc2C1c1cccc(Cl)c1. The highest BCUT2D eigenvalue weighted by atomic mass is 35.5. The summed E-state index contributed by atoms with van der Waals surface area (Å²) in [7, 11) is 3.80. The van der Waals surface area contributed by atoms with Crippen molar-refractivity contribution in [1.29, 1.82) is 0 Å². The summed E-state index contributed by atoms with van der Waals surface area (Å²) in [6.45, 7) is 0. The van der Waals surface area contributed by atoms with Crippen molar-refractivity contribution in [2.75, 3.05) is 11.9 Å². The van der Waals surface area contributed by atoms with Gasteiger partial charge in [-0.3, -0.25) is 0 Å². The van der Waals surface area contributed by atoms with Gasteiger partial charge in [-0.05, 0) is 63.5 Å². The quantitative estimate of drug-likeness (QED) is 0.377. The van der Waals surface area contributed by atoms with E-state index in [9.17, 15) is 5.11 Å². The molecule has 10 heteroatoms. The van der Waals surface area contributed by atoms with Crippen LogP contribution in [0.3, 0.4) is 0 Å². The molecule has 0 spiro atoms. The molecule has 0 fully saturated rings. The van der Waals surface area contributed by atoms with E-state index in [1.807, 2.05) is 78.2 Å². The minimum atomic E-state index is -1.50. The molecule has 0 amide bonds. The Kier molecular flexibility index (Phi) is 5.33. The zero-order valence-electron chi connectivity index (χ0n) is 19.4. The number of anilines is 1. The van der Waals surface area contributed by atoms with Crippen LogP contribution >= 0.6 is 23.2 Å². The van der Waals surface area contributed by atoms with Crippen molar-refractivity contribution < 1.29 is 5.11 Å². The summed E-state index contributed by atoms with van der Waals surface area (Å²) < 4.78 is 3.51. The second kappa shape index (κ2) is 8.44. The van der Waals surface area contributed by atoms with Crippen molar-refractivity contribution in [3.63, 3.8) is 0 Å². The number of rotatable bonds is 4. The maximum Gasteiger partial charge on any atom is 0.250 e.